The van der Waals surface area contributed by atoms with Gasteiger partial charge in [0.05, 0.1) is 11.2 Å². The molecule has 0 spiro atoms. The molecule has 4 aromatic carbocycles. The summed E-state index contributed by atoms with van der Waals surface area (Å²) in [5.74, 6) is 2.99. The molecule has 2 heterocycles. The number of nitrogens with zero attached hydrogens (tertiary/aromatic N) is 3. The molecular formula is C45H49BrClN3O4. The smallest absolute Gasteiger partial charge is 0.246 e. The molecule has 0 atom stereocenters. The Labute approximate surface area is 335 Å². The summed E-state index contributed by atoms with van der Waals surface area (Å²) >= 11 is 6.71. The average Bonchev–Trinajstić information content (AvgIpc) is 3.16. The molecule has 1 fully saturated rings. The summed E-state index contributed by atoms with van der Waals surface area (Å²) in [7, 11) is 0. The number of pyridine rings is 1. The van der Waals surface area contributed by atoms with Gasteiger partial charge in [-0.05, 0) is 96.0 Å². The molecule has 0 radical (unpaired) electrons. The monoisotopic (exact) mass is 809 g/mol. The molecule has 1 saturated heterocycles. The Morgan fingerprint density at radius 2 is 1.39 bits per heavy atom. The predicted molar refractivity (Wildman–Crippen MR) is 223 cm³/mol. The van der Waals surface area contributed by atoms with E-state index in [2.05, 4.69) is 91.3 Å². The largest absolute Gasteiger partial charge is 0.489 e. The number of carbonyl (C=O) groups excluding carboxylic acids is 1. The molecule has 282 valence electrons. The topological polar surface area (TPSA) is 64.1 Å². The van der Waals surface area contributed by atoms with Crippen LogP contribution in [-0.4, -0.2) is 46.9 Å². The molecule has 6 rings (SSSR count). The van der Waals surface area contributed by atoms with E-state index in [1.807, 2.05) is 49.1 Å². The summed E-state index contributed by atoms with van der Waals surface area (Å²) in [6.45, 7) is 15.2. The number of benzene rings is 4. The lowest BCUT2D eigenvalue weighted by Gasteiger charge is -2.34. The van der Waals surface area contributed by atoms with Gasteiger partial charge in [0.25, 0.3) is 0 Å². The van der Waals surface area contributed by atoms with E-state index in [-0.39, 0.29) is 22.9 Å². The SMILES string of the molecule is Br.C/C(=C\C(=O)N1CCN(Cc2ccc(COc3ccc(C(C)C)cc3)cc2)CC1)c1cc(C)c(Oc2ccc(OCc3ccc(C)cc3)cn2)c(Cl)c1. The molecule has 9 heteroatoms. The van der Waals surface area contributed by atoms with Crippen molar-refractivity contribution in [1.82, 2.24) is 14.8 Å². The first kappa shape index (κ1) is 40.6. The third-order valence-corrected chi connectivity index (χ3v) is 9.81. The summed E-state index contributed by atoms with van der Waals surface area (Å²) in [5, 5.41) is 0.451. The van der Waals surface area contributed by atoms with Crippen LogP contribution in [0.5, 0.6) is 23.1 Å². The molecular weight excluding hydrogens is 762 g/mol. The molecule has 7 nitrogen and oxygen atoms in total. The highest BCUT2D eigenvalue weighted by molar-refractivity contribution is 8.93. The van der Waals surface area contributed by atoms with Crippen molar-refractivity contribution < 1.29 is 19.0 Å². The zero-order valence-corrected chi connectivity index (χ0v) is 34.1. The number of aromatic nitrogens is 1. The van der Waals surface area contributed by atoms with Crippen molar-refractivity contribution in [3.8, 4) is 23.1 Å². The third-order valence-electron chi connectivity index (χ3n) is 9.53. The highest BCUT2D eigenvalue weighted by atomic mass is 79.9. The van der Waals surface area contributed by atoms with Crippen LogP contribution < -0.4 is 14.2 Å². The second kappa shape index (κ2) is 19.1. The minimum Gasteiger partial charge on any atom is -0.489 e. The molecule has 0 N–H and O–H groups in total. The Morgan fingerprint density at radius 3 is 1.98 bits per heavy atom. The second-order valence-electron chi connectivity index (χ2n) is 14.1. The van der Waals surface area contributed by atoms with Gasteiger partial charge in [-0.1, -0.05) is 91.7 Å². The molecule has 1 aliphatic rings. The number of allylic oxidation sites excluding steroid dienone is 1. The lowest BCUT2D eigenvalue weighted by Crippen LogP contribution is -2.47. The highest BCUT2D eigenvalue weighted by Gasteiger charge is 2.21. The molecule has 1 aromatic heterocycles. The van der Waals surface area contributed by atoms with E-state index in [1.165, 1.54) is 16.7 Å². The van der Waals surface area contributed by atoms with Gasteiger partial charge in [0.1, 0.15) is 24.7 Å². The van der Waals surface area contributed by atoms with Crippen LogP contribution in [0.3, 0.4) is 0 Å². The van der Waals surface area contributed by atoms with Crippen molar-refractivity contribution in [1.29, 1.82) is 0 Å². The minimum atomic E-state index is 0. The van der Waals surface area contributed by atoms with E-state index in [1.54, 1.807) is 18.3 Å². The van der Waals surface area contributed by atoms with E-state index < -0.39 is 0 Å². The van der Waals surface area contributed by atoms with Gasteiger partial charge in [0.2, 0.25) is 11.8 Å². The normalized spacial score (nSPS) is 13.4. The summed E-state index contributed by atoms with van der Waals surface area (Å²) < 4.78 is 17.9. The Bertz CT molecular complexity index is 1980. The standard InChI is InChI=1S/C45H48ClN3O4.BrH/c1-31(2)38-14-16-40(17-15-38)51-29-37-12-10-35(11-13-37)28-48-20-22-49(23-21-48)44(50)25-33(4)39-24-34(5)45(42(46)26-39)53-43-19-18-41(27-47-43)52-30-36-8-6-32(3)7-9-36;/h6-19,24-27,31H,20-23,28-30H2,1-5H3;1H/b33-25+;. The van der Waals surface area contributed by atoms with Crippen LogP contribution in [0.25, 0.3) is 5.57 Å². The molecule has 1 amide bonds. The van der Waals surface area contributed by atoms with Crippen molar-refractivity contribution in [2.45, 2.75) is 60.3 Å². The molecule has 0 saturated carbocycles. The Morgan fingerprint density at radius 1 is 0.796 bits per heavy atom. The number of halogens is 2. The van der Waals surface area contributed by atoms with Gasteiger partial charge in [0.15, 0.2) is 5.75 Å². The van der Waals surface area contributed by atoms with Crippen molar-refractivity contribution in [3.05, 3.63) is 153 Å². The minimum absolute atomic E-state index is 0. The van der Waals surface area contributed by atoms with E-state index >= 15 is 0 Å². The fourth-order valence-corrected chi connectivity index (χ4v) is 6.46. The van der Waals surface area contributed by atoms with Crippen LogP contribution in [0, 0.1) is 13.8 Å². The summed E-state index contributed by atoms with van der Waals surface area (Å²) in [6.07, 6.45) is 3.35. The molecule has 0 aliphatic carbocycles. The highest BCUT2D eigenvalue weighted by Crippen LogP contribution is 2.35. The maximum atomic E-state index is 13.3. The van der Waals surface area contributed by atoms with Gasteiger partial charge >= 0.3 is 0 Å². The zero-order chi connectivity index (χ0) is 37.3. The fraction of sp³-hybridized carbons (Fsp3) is 0.289. The zero-order valence-electron chi connectivity index (χ0n) is 31.7. The third kappa shape index (κ3) is 11.2. The van der Waals surface area contributed by atoms with Crippen LogP contribution >= 0.6 is 28.6 Å². The van der Waals surface area contributed by atoms with E-state index in [0.29, 0.717) is 54.6 Å². The van der Waals surface area contributed by atoms with Crippen molar-refractivity contribution in [3.63, 3.8) is 0 Å². The number of amides is 1. The average molecular weight is 811 g/mol. The lowest BCUT2D eigenvalue weighted by atomic mass is 10.0. The number of hydrogen-bond donors (Lipinski definition) is 0. The number of aryl methyl sites for hydroxylation is 2. The van der Waals surface area contributed by atoms with E-state index in [0.717, 1.165) is 53.2 Å². The van der Waals surface area contributed by atoms with Gasteiger partial charge in [0, 0.05) is 44.9 Å². The number of ether oxygens (including phenoxy) is 3. The van der Waals surface area contributed by atoms with Crippen molar-refractivity contribution in [2.24, 2.45) is 0 Å². The summed E-state index contributed by atoms with van der Waals surface area (Å²) in [6, 6.07) is 32.6. The van der Waals surface area contributed by atoms with Crippen LogP contribution in [0.15, 0.2) is 109 Å². The van der Waals surface area contributed by atoms with Crippen LogP contribution in [0.4, 0.5) is 0 Å². The Kier molecular flexibility index (Phi) is 14.3. The van der Waals surface area contributed by atoms with Gasteiger partial charge < -0.3 is 19.1 Å². The van der Waals surface area contributed by atoms with Crippen LogP contribution in [-0.2, 0) is 24.6 Å². The van der Waals surface area contributed by atoms with Crippen molar-refractivity contribution >= 4 is 40.1 Å². The molecule has 0 unspecified atom stereocenters. The fourth-order valence-electron chi connectivity index (χ4n) is 6.16. The van der Waals surface area contributed by atoms with E-state index in [9.17, 15) is 4.79 Å². The maximum absolute atomic E-state index is 13.3. The molecule has 54 heavy (non-hydrogen) atoms. The first-order valence-corrected chi connectivity index (χ1v) is 18.6. The quantitative estimate of drug-likeness (QED) is 0.110. The summed E-state index contributed by atoms with van der Waals surface area (Å²) in [5.41, 5.74) is 8.57. The number of carbonyl (C=O) groups is 1. The van der Waals surface area contributed by atoms with Crippen molar-refractivity contribution in [2.75, 3.05) is 26.2 Å². The van der Waals surface area contributed by atoms with Crippen LogP contribution in [0.1, 0.15) is 65.6 Å². The number of hydrogen-bond acceptors (Lipinski definition) is 6. The first-order valence-electron chi connectivity index (χ1n) is 18.2. The molecule has 1 aliphatic heterocycles. The van der Waals surface area contributed by atoms with Gasteiger partial charge in [-0.3, -0.25) is 9.69 Å². The van der Waals surface area contributed by atoms with Gasteiger partial charge in [-0.2, -0.15) is 0 Å². The number of piperazine rings is 1. The Balaban J connectivity index is 0.00000561. The van der Waals surface area contributed by atoms with Gasteiger partial charge in [-0.25, -0.2) is 4.98 Å². The second-order valence-corrected chi connectivity index (χ2v) is 14.5. The molecule has 5 aromatic rings. The maximum Gasteiger partial charge on any atom is 0.246 e. The van der Waals surface area contributed by atoms with Gasteiger partial charge in [-0.15, -0.1) is 17.0 Å². The van der Waals surface area contributed by atoms with E-state index in [4.69, 9.17) is 25.8 Å². The summed E-state index contributed by atoms with van der Waals surface area (Å²) in [4.78, 5) is 22.0. The molecule has 0 bridgehead atoms. The van der Waals surface area contributed by atoms with Crippen LogP contribution in [0.2, 0.25) is 5.02 Å². The Hall–Kier alpha value is -4.63. The first-order chi connectivity index (χ1) is 25.6. The predicted octanol–water partition coefficient (Wildman–Crippen LogP) is 10.8. The number of rotatable bonds is 13. The lowest BCUT2D eigenvalue weighted by molar-refractivity contribution is -0.127.